The van der Waals surface area contributed by atoms with Gasteiger partial charge in [0.2, 0.25) is 5.91 Å². The van der Waals surface area contributed by atoms with Crippen molar-refractivity contribution in [3.05, 3.63) is 0 Å². The summed E-state index contributed by atoms with van der Waals surface area (Å²) in [6.45, 7) is 11.5. The molecule has 2 rings (SSSR count). The van der Waals surface area contributed by atoms with Gasteiger partial charge in [-0.15, -0.1) is 0 Å². The number of hydrogen-bond donors (Lipinski definition) is 0. The van der Waals surface area contributed by atoms with E-state index in [2.05, 4.69) is 23.6 Å². The second kappa shape index (κ2) is 8.55. The van der Waals surface area contributed by atoms with Gasteiger partial charge in [-0.25, -0.2) is 0 Å². The van der Waals surface area contributed by atoms with Gasteiger partial charge in [0.25, 0.3) is 0 Å². The van der Waals surface area contributed by atoms with E-state index in [1.165, 1.54) is 25.8 Å². The lowest BCUT2D eigenvalue weighted by atomic mass is 9.93. The third-order valence-corrected chi connectivity index (χ3v) is 5.89. The van der Waals surface area contributed by atoms with E-state index in [1.54, 1.807) is 11.8 Å². The number of rotatable bonds is 5. The van der Waals surface area contributed by atoms with E-state index in [-0.39, 0.29) is 5.25 Å². The van der Waals surface area contributed by atoms with E-state index < -0.39 is 0 Å². The summed E-state index contributed by atoms with van der Waals surface area (Å²) in [7, 11) is 0. The Morgan fingerprint density at radius 3 is 2.36 bits per heavy atom. The maximum absolute atomic E-state index is 12.2. The van der Waals surface area contributed by atoms with Crippen LogP contribution in [0.15, 0.2) is 0 Å². The van der Waals surface area contributed by atoms with Gasteiger partial charge in [-0.2, -0.15) is 11.8 Å². The quantitative estimate of drug-likeness (QED) is 0.776. The minimum atomic E-state index is 0.105. The van der Waals surface area contributed by atoms with Crippen LogP contribution in [-0.2, 0) is 9.53 Å². The monoisotopic (exact) mass is 328 g/mol. The summed E-state index contributed by atoms with van der Waals surface area (Å²) in [4.78, 5) is 16.8. The lowest BCUT2D eigenvalue weighted by Gasteiger charge is -2.37. The number of amides is 1. The molecule has 0 aromatic carbocycles. The van der Waals surface area contributed by atoms with Gasteiger partial charge in [0, 0.05) is 26.2 Å². The molecule has 2 fully saturated rings. The van der Waals surface area contributed by atoms with Crippen molar-refractivity contribution < 1.29 is 9.53 Å². The van der Waals surface area contributed by atoms with Crippen molar-refractivity contribution in [2.45, 2.75) is 57.5 Å². The molecule has 1 amide bonds. The first kappa shape index (κ1) is 18.1. The average molecular weight is 329 g/mol. The molecule has 2 heterocycles. The van der Waals surface area contributed by atoms with Crippen molar-refractivity contribution in [2.75, 3.05) is 39.0 Å². The predicted molar refractivity (Wildman–Crippen MR) is 93.3 cm³/mol. The maximum atomic E-state index is 12.2. The van der Waals surface area contributed by atoms with E-state index in [1.807, 2.05) is 13.2 Å². The molecule has 4 nitrogen and oxygen atoms in total. The largest absolute Gasteiger partial charge is 0.373 e. The summed E-state index contributed by atoms with van der Waals surface area (Å²) >= 11 is 1.65. The molecule has 22 heavy (non-hydrogen) atoms. The topological polar surface area (TPSA) is 32.8 Å². The molecule has 0 radical (unpaired) electrons. The van der Waals surface area contributed by atoms with E-state index in [0.29, 0.717) is 18.1 Å². The number of carbonyl (C=O) groups is 1. The van der Waals surface area contributed by atoms with Gasteiger partial charge in [0.05, 0.1) is 17.5 Å². The molecule has 0 saturated carbocycles. The third kappa shape index (κ3) is 5.14. The molecular formula is C17H32N2O2S. The van der Waals surface area contributed by atoms with Crippen molar-refractivity contribution in [1.29, 1.82) is 0 Å². The van der Waals surface area contributed by atoms with E-state index in [0.717, 1.165) is 32.1 Å². The van der Waals surface area contributed by atoms with Crippen molar-refractivity contribution in [3.8, 4) is 0 Å². The predicted octanol–water partition coefficient (Wildman–Crippen LogP) is 2.48. The molecule has 0 N–H and O–H groups in total. The van der Waals surface area contributed by atoms with Crippen LogP contribution in [0.25, 0.3) is 0 Å². The van der Waals surface area contributed by atoms with Gasteiger partial charge < -0.3 is 9.64 Å². The normalized spacial score (nSPS) is 29.5. The number of hydrogen-bond acceptors (Lipinski definition) is 4. The molecule has 0 aromatic rings. The second-order valence-electron chi connectivity index (χ2n) is 6.95. The molecule has 0 bridgehead atoms. The summed E-state index contributed by atoms with van der Waals surface area (Å²) in [5.41, 5.74) is 0. The lowest BCUT2D eigenvalue weighted by molar-refractivity contribution is -0.131. The molecule has 0 aliphatic carbocycles. The van der Waals surface area contributed by atoms with E-state index >= 15 is 0 Å². The first-order chi connectivity index (χ1) is 10.5. The Bertz CT molecular complexity index is 349. The zero-order valence-corrected chi connectivity index (χ0v) is 15.4. The number of carbonyl (C=O) groups excluding carboxylic acids is 1. The smallest absolute Gasteiger partial charge is 0.235 e. The molecule has 0 aromatic heterocycles. The van der Waals surface area contributed by atoms with Gasteiger partial charge >= 0.3 is 0 Å². The van der Waals surface area contributed by atoms with Crippen LogP contribution in [0.2, 0.25) is 0 Å². The zero-order valence-electron chi connectivity index (χ0n) is 14.6. The highest BCUT2D eigenvalue weighted by Crippen LogP contribution is 2.23. The minimum Gasteiger partial charge on any atom is -0.373 e. The number of piperidine rings is 1. The van der Waals surface area contributed by atoms with Crippen LogP contribution >= 0.6 is 11.8 Å². The van der Waals surface area contributed by atoms with Crippen LogP contribution < -0.4 is 0 Å². The van der Waals surface area contributed by atoms with Gasteiger partial charge in [-0.3, -0.25) is 9.69 Å². The zero-order chi connectivity index (χ0) is 16.1. The van der Waals surface area contributed by atoms with Crippen LogP contribution in [0.1, 0.15) is 40.0 Å². The second-order valence-corrected chi connectivity index (χ2v) is 8.13. The molecule has 2 aliphatic rings. The van der Waals surface area contributed by atoms with Crippen molar-refractivity contribution >= 4 is 17.7 Å². The molecule has 2 saturated heterocycles. The van der Waals surface area contributed by atoms with Crippen LogP contribution in [0.3, 0.4) is 0 Å². The SMILES string of the molecule is CS[C@H](C)C(=O)N1CCC(CCN2C[C@@H](C)O[C@@H](C)C2)CC1. The fourth-order valence-corrected chi connectivity index (χ4v) is 3.98. The fourth-order valence-electron chi connectivity index (χ4n) is 3.63. The molecule has 0 unspecified atom stereocenters. The summed E-state index contributed by atoms with van der Waals surface area (Å²) in [6.07, 6.45) is 6.33. The van der Waals surface area contributed by atoms with Crippen LogP contribution in [-0.4, -0.2) is 72.1 Å². The molecular weight excluding hydrogens is 296 g/mol. The minimum absolute atomic E-state index is 0.105. The first-order valence-corrected chi connectivity index (χ1v) is 9.97. The number of thioether (sulfide) groups is 1. The van der Waals surface area contributed by atoms with Crippen molar-refractivity contribution in [2.24, 2.45) is 5.92 Å². The Morgan fingerprint density at radius 1 is 1.23 bits per heavy atom. The Balaban J connectivity index is 1.68. The summed E-state index contributed by atoms with van der Waals surface area (Å²) in [6, 6.07) is 0. The number of morpholine rings is 1. The average Bonchev–Trinajstić information content (AvgIpc) is 2.51. The highest BCUT2D eigenvalue weighted by atomic mass is 32.2. The molecule has 3 atom stereocenters. The van der Waals surface area contributed by atoms with Gasteiger partial charge in [0.15, 0.2) is 0 Å². The summed E-state index contributed by atoms with van der Waals surface area (Å²) in [5, 5.41) is 0.105. The van der Waals surface area contributed by atoms with Gasteiger partial charge in [-0.05, 0) is 58.8 Å². The Labute approximate surface area is 139 Å². The van der Waals surface area contributed by atoms with Gasteiger partial charge in [0.1, 0.15) is 0 Å². The Hall–Kier alpha value is -0.260. The molecule has 0 spiro atoms. The lowest BCUT2D eigenvalue weighted by Crippen LogP contribution is -2.46. The highest BCUT2D eigenvalue weighted by molar-refractivity contribution is 7.99. The van der Waals surface area contributed by atoms with Crippen LogP contribution in [0.4, 0.5) is 0 Å². The third-order valence-electron chi connectivity index (χ3n) is 4.98. The standard InChI is InChI=1S/C17H32N2O2S/c1-13-11-18(12-14(2)21-13)8-5-16-6-9-19(10-7-16)17(20)15(3)22-4/h13-16H,5-12H2,1-4H3/t13-,14+,15-/m1/s1. The number of nitrogens with zero attached hydrogens (tertiary/aromatic N) is 2. The number of likely N-dealkylation sites (tertiary alicyclic amines) is 1. The van der Waals surface area contributed by atoms with Crippen molar-refractivity contribution in [1.82, 2.24) is 9.80 Å². The van der Waals surface area contributed by atoms with Crippen LogP contribution in [0, 0.1) is 5.92 Å². The summed E-state index contributed by atoms with van der Waals surface area (Å²) < 4.78 is 5.79. The van der Waals surface area contributed by atoms with Crippen molar-refractivity contribution in [3.63, 3.8) is 0 Å². The van der Waals surface area contributed by atoms with Crippen LogP contribution in [0.5, 0.6) is 0 Å². The fraction of sp³-hybridized carbons (Fsp3) is 0.941. The molecule has 128 valence electrons. The summed E-state index contributed by atoms with van der Waals surface area (Å²) in [5.74, 6) is 1.10. The molecule has 5 heteroatoms. The Kier molecular flexibility index (Phi) is 7.03. The highest BCUT2D eigenvalue weighted by Gasteiger charge is 2.27. The maximum Gasteiger partial charge on any atom is 0.235 e. The van der Waals surface area contributed by atoms with Gasteiger partial charge in [-0.1, -0.05) is 0 Å². The van der Waals surface area contributed by atoms with E-state index in [4.69, 9.17) is 4.74 Å². The molecule has 2 aliphatic heterocycles. The van der Waals surface area contributed by atoms with E-state index in [9.17, 15) is 4.79 Å². The first-order valence-electron chi connectivity index (χ1n) is 8.69. The number of ether oxygens (including phenoxy) is 1. The Morgan fingerprint density at radius 2 is 1.82 bits per heavy atom.